The molecular formula is C18H24O4Si. The molecule has 0 aliphatic carbocycles. The zero-order valence-corrected chi connectivity index (χ0v) is 15.2. The van der Waals surface area contributed by atoms with Gasteiger partial charge in [0.1, 0.15) is 11.3 Å². The van der Waals surface area contributed by atoms with Crippen molar-refractivity contribution in [2.24, 2.45) is 0 Å². The van der Waals surface area contributed by atoms with Crippen LogP contribution in [0.3, 0.4) is 0 Å². The Kier molecular flexibility index (Phi) is 5.79. The van der Waals surface area contributed by atoms with Crippen LogP contribution in [0.25, 0.3) is 10.8 Å². The van der Waals surface area contributed by atoms with Crippen LogP contribution in [-0.4, -0.2) is 34.6 Å². The molecule has 0 fully saturated rings. The maximum atomic E-state index is 12.0. The molecule has 0 amide bonds. The van der Waals surface area contributed by atoms with E-state index >= 15 is 0 Å². The highest BCUT2D eigenvalue weighted by atomic mass is 28.3. The van der Waals surface area contributed by atoms with E-state index in [-0.39, 0.29) is 6.79 Å². The Morgan fingerprint density at radius 2 is 1.83 bits per heavy atom. The molecular weight excluding hydrogens is 308 g/mol. The summed E-state index contributed by atoms with van der Waals surface area (Å²) in [4.78, 5) is 12.0. The van der Waals surface area contributed by atoms with Gasteiger partial charge in [0, 0.05) is 20.1 Å². The average molecular weight is 332 g/mol. The molecule has 0 aliphatic heterocycles. The molecule has 2 rings (SSSR count). The summed E-state index contributed by atoms with van der Waals surface area (Å²) < 4.78 is 16.2. The molecule has 2 aromatic rings. The summed E-state index contributed by atoms with van der Waals surface area (Å²) in [5.41, 5.74) is 0.417. The summed E-state index contributed by atoms with van der Waals surface area (Å²) in [5.74, 6) is 0.107. The van der Waals surface area contributed by atoms with E-state index in [9.17, 15) is 4.79 Å². The van der Waals surface area contributed by atoms with Crippen molar-refractivity contribution >= 4 is 24.8 Å². The minimum Gasteiger partial charge on any atom is -0.466 e. The van der Waals surface area contributed by atoms with Gasteiger partial charge in [0.05, 0.1) is 7.11 Å². The quantitative estimate of drug-likeness (QED) is 0.328. The van der Waals surface area contributed by atoms with Crippen molar-refractivity contribution in [3.8, 4) is 5.75 Å². The third-order valence-corrected chi connectivity index (χ3v) is 5.27. The van der Waals surface area contributed by atoms with E-state index in [1.54, 1.807) is 6.07 Å². The van der Waals surface area contributed by atoms with Crippen molar-refractivity contribution in [3.05, 3.63) is 42.0 Å². The molecule has 0 aliphatic rings. The van der Waals surface area contributed by atoms with Crippen LogP contribution in [-0.2, 0) is 9.47 Å². The van der Waals surface area contributed by atoms with E-state index in [2.05, 4.69) is 19.6 Å². The van der Waals surface area contributed by atoms with Crippen molar-refractivity contribution in [1.29, 1.82) is 0 Å². The van der Waals surface area contributed by atoms with Crippen molar-refractivity contribution in [2.45, 2.75) is 25.7 Å². The fourth-order valence-electron chi connectivity index (χ4n) is 2.21. The Labute approximate surface area is 138 Å². The average Bonchev–Trinajstić information content (AvgIpc) is 2.52. The number of fused-ring (bicyclic) bond motifs is 1. The molecule has 0 heterocycles. The van der Waals surface area contributed by atoms with Crippen LogP contribution in [0.2, 0.25) is 25.7 Å². The van der Waals surface area contributed by atoms with Crippen molar-refractivity contribution < 1.29 is 19.0 Å². The van der Waals surface area contributed by atoms with Crippen LogP contribution in [0.4, 0.5) is 0 Å². The van der Waals surface area contributed by atoms with Crippen LogP contribution in [0, 0.1) is 0 Å². The summed E-state index contributed by atoms with van der Waals surface area (Å²) in [6, 6.07) is 12.5. The molecule has 0 radical (unpaired) electrons. The van der Waals surface area contributed by atoms with Crippen molar-refractivity contribution in [2.75, 3.05) is 20.5 Å². The fourth-order valence-corrected chi connectivity index (χ4v) is 2.96. The van der Waals surface area contributed by atoms with E-state index in [0.29, 0.717) is 17.9 Å². The summed E-state index contributed by atoms with van der Waals surface area (Å²) >= 11 is 0. The van der Waals surface area contributed by atoms with Crippen LogP contribution >= 0.6 is 0 Å². The predicted octanol–water partition coefficient (Wildman–Crippen LogP) is 4.32. The number of carbonyl (C=O) groups excluding carboxylic acids is 1. The second-order valence-electron chi connectivity index (χ2n) is 6.64. The van der Waals surface area contributed by atoms with Crippen LogP contribution in [0.15, 0.2) is 36.4 Å². The summed E-state index contributed by atoms with van der Waals surface area (Å²) in [5, 5.41) is 1.89. The third-order valence-electron chi connectivity index (χ3n) is 3.57. The SMILES string of the molecule is COC(=O)c1ccc2ccccc2c1OCOCC[Si](C)(C)C. The van der Waals surface area contributed by atoms with E-state index in [0.717, 1.165) is 16.8 Å². The zero-order chi connectivity index (χ0) is 16.9. The Morgan fingerprint density at radius 3 is 2.52 bits per heavy atom. The molecule has 0 bridgehead atoms. The summed E-state index contributed by atoms with van der Waals surface area (Å²) in [6.45, 7) is 7.71. The molecule has 0 saturated carbocycles. The minimum atomic E-state index is -1.12. The van der Waals surface area contributed by atoms with Crippen molar-refractivity contribution in [3.63, 3.8) is 0 Å². The molecule has 0 unspecified atom stereocenters. The lowest BCUT2D eigenvalue weighted by Crippen LogP contribution is -2.22. The zero-order valence-electron chi connectivity index (χ0n) is 14.2. The second kappa shape index (κ2) is 7.61. The highest BCUT2D eigenvalue weighted by Gasteiger charge is 2.17. The molecule has 0 N–H and O–H groups in total. The van der Waals surface area contributed by atoms with Gasteiger partial charge in [0.15, 0.2) is 6.79 Å². The van der Waals surface area contributed by atoms with E-state index in [1.165, 1.54) is 7.11 Å². The van der Waals surface area contributed by atoms with E-state index in [4.69, 9.17) is 14.2 Å². The number of hydrogen-bond donors (Lipinski definition) is 0. The molecule has 0 aromatic heterocycles. The van der Waals surface area contributed by atoms with Gasteiger partial charge in [-0.1, -0.05) is 50.0 Å². The van der Waals surface area contributed by atoms with Gasteiger partial charge in [-0.25, -0.2) is 4.79 Å². The van der Waals surface area contributed by atoms with Crippen LogP contribution in [0.5, 0.6) is 5.75 Å². The van der Waals surface area contributed by atoms with Gasteiger partial charge in [0.25, 0.3) is 0 Å². The topological polar surface area (TPSA) is 44.8 Å². The molecule has 0 saturated heterocycles. The second-order valence-corrected chi connectivity index (χ2v) is 12.3. The lowest BCUT2D eigenvalue weighted by Gasteiger charge is -2.16. The first-order valence-electron chi connectivity index (χ1n) is 7.73. The summed E-state index contributed by atoms with van der Waals surface area (Å²) in [6.07, 6.45) is 0. The largest absolute Gasteiger partial charge is 0.466 e. The van der Waals surface area contributed by atoms with Gasteiger partial charge in [-0.3, -0.25) is 0 Å². The van der Waals surface area contributed by atoms with Gasteiger partial charge in [0.2, 0.25) is 0 Å². The molecule has 23 heavy (non-hydrogen) atoms. The van der Waals surface area contributed by atoms with Gasteiger partial charge < -0.3 is 14.2 Å². The Hall–Kier alpha value is -1.85. The lowest BCUT2D eigenvalue weighted by molar-refractivity contribution is 0.0216. The number of methoxy groups -OCH3 is 1. The third kappa shape index (κ3) is 4.81. The fraction of sp³-hybridized carbons (Fsp3) is 0.389. The molecule has 0 atom stereocenters. The van der Waals surface area contributed by atoms with Gasteiger partial charge in [-0.05, 0) is 17.5 Å². The lowest BCUT2D eigenvalue weighted by atomic mass is 10.1. The number of carbonyl (C=O) groups is 1. The molecule has 124 valence electrons. The highest BCUT2D eigenvalue weighted by Crippen LogP contribution is 2.30. The summed E-state index contributed by atoms with van der Waals surface area (Å²) in [7, 11) is 0.247. The molecule has 5 heteroatoms. The van der Waals surface area contributed by atoms with Crippen LogP contribution in [0.1, 0.15) is 10.4 Å². The smallest absolute Gasteiger partial charge is 0.341 e. The Morgan fingerprint density at radius 1 is 1.09 bits per heavy atom. The van der Waals surface area contributed by atoms with Crippen LogP contribution < -0.4 is 4.74 Å². The number of esters is 1. The monoisotopic (exact) mass is 332 g/mol. The van der Waals surface area contributed by atoms with Crippen molar-refractivity contribution in [1.82, 2.24) is 0 Å². The first-order valence-corrected chi connectivity index (χ1v) is 11.4. The minimum absolute atomic E-state index is 0.127. The predicted molar refractivity (Wildman–Crippen MR) is 94.9 cm³/mol. The first kappa shape index (κ1) is 17.5. The standard InChI is InChI=1S/C18H24O4Si/c1-20-18(19)16-10-9-14-7-5-6-8-15(14)17(16)22-13-21-11-12-23(2,3)4/h5-10H,11-13H2,1-4H3. The Balaban J connectivity index is 2.15. The van der Waals surface area contributed by atoms with E-state index in [1.807, 2.05) is 30.3 Å². The number of rotatable bonds is 7. The van der Waals surface area contributed by atoms with Gasteiger partial charge in [-0.15, -0.1) is 0 Å². The number of hydrogen-bond acceptors (Lipinski definition) is 4. The van der Waals surface area contributed by atoms with E-state index < -0.39 is 14.0 Å². The van der Waals surface area contributed by atoms with Gasteiger partial charge in [-0.2, -0.15) is 0 Å². The Bertz CT molecular complexity index is 676. The maximum Gasteiger partial charge on any atom is 0.341 e. The molecule has 2 aromatic carbocycles. The van der Waals surface area contributed by atoms with Gasteiger partial charge >= 0.3 is 5.97 Å². The molecule has 4 nitrogen and oxygen atoms in total. The molecule has 0 spiro atoms. The normalized spacial score (nSPS) is 11.5. The first-order chi connectivity index (χ1) is 10.9. The highest BCUT2D eigenvalue weighted by molar-refractivity contribution is 6.76. The number of ether oxygens (including phenoxy) is 3. The maximum absolute atomic E-state index is 12.0. The number of benzene rings is 2.